The standard InChI is InChI=1S/C13H19FN2/c1-13(2,3)12(15)16-9-8-10-6-4-5-7-11(10)14/h4-7H,8-9H2,1-3H3,(H2,15,16). The molecule has 0 saturated heterocycles. The fraction of sp³-hybridized carbons (Fsp3) is 0.462. The largest absolute Gasteiger partial charge is 0.387 e. The van der Waals surface area contributed by atoms with E-state index >= 15 is 0 Å². The van der Waals surface area contributed by atoms with E-state index in [0.717, 1.165) is 0 Å². The Balaban J connectivity index is 2.57. The third-order valence-electron chi connectivity index (χ3n) is 2.39. The molecule has 0 aliphatic heterocycles. The van der Waals surface area contributed by atoms with E-state index in [0.29, 0.717) is 24.4 Å². The summed E-state index contributed by atoms with van der Waals surface area (Å²) < 4.78 is 13.3. The van der Waals surface area contributed by atoms with Gasteiger partial charge in [-0.1, -0.05) is 39.0 Å². The summed E-state index contributed by atoms with van der Waals surface area (Å²) in [7, 11) is 0. The highest BCUT2D eigenvalue weighted by Crippen LogP contribution is 2.13. The first kappa shape index (κ1) is 12.7. The molecule has 0 unspecified atom stereocenters. The summed E-state index contributed by atoms with van der Waals surface area (Å²) >= 11 is 0. The van der Waals surface area contributed by atoms with Gasteiger partial charge in [-0.25, -0.2) is 4.39 Å². The second-order valence-electron chi connectivity index (χ2n) is 4.86. The summed E-state index contributed by atoms with van der Waals surface area (Å²) in [4.78, 5) is 4.26. The maximum atomic E-state index is 13.3. The SMILES string of the molecule is CC(C)(C)C(N)=NCCc1ccccc1F. The van der Waals surface area contributed by atoms with Crippen molar-refractivity contribution in [1.29, 1.82) is 0 Å². The van der Waals surface area contributed by atoms with Crippen molar-refractivity contribution in [2.45, 2.75) is 27.2 Å². The van der Waals surface area contributed by atoms with Gasteiger partial charge < -0.3 is 5.73 Å². The van der Waals surface area contributed by atoms with Crippen LogP contribution in [0.25, 0.3) is 0 Å². The number of amidine groups is 1. The number of aliphatic imine (C=N–C) groups is 1. The van der Waals surface area contributed by atoms with Crippen molar-refractivity contribution in [2.24, 2.45) is 16.1 Å². The quantitative estimate of drug-likeness (QED) is 0.620. The van der Waals surface area contributed by atoms with Crippen LogP contribution < -0.4 is 5.73 Å². The lowest BCUT2D eigenvalue weighted by Gasteiger charge is -2.17. The summed E-state index contributed by atoms with van der Waals surface area (Å²) in [6, 6.07) is 6.76. The summed E-state index contributed by atoms with van der Waals surface area (Å²) in [5, 5.41) is 0. The van der Waals surface area contributed by atoms with Gasteiger partial charge in [0.15, 0.2) is 0 Å². The predicted octanol–water partition coefficient (Wildman–Crippen LogP) is 2.77. The van der Waals surface area contributed by atoms with Gasteiger partial charge in [0.05, 0.1) is 5.84 Å². The van der Waals surface area contributed by atoms with Crippen LogP contribution in [0.5, 0.6) is 0 Å². The third-order valence-corrected chi connectivity index (χ3v) is 2.39. The molecule has 0 aliphatic rings. The highest BCUT2D eigenvalue weighted by Gasteiger charge is 2.14. The van der Waals surface area contributed by atoms with E-state index in [-0.39, 0.29) is 11.2 Å². The highest BCUT2D eigenvalue weighted by atomic mass is 19.1. The van der Waals surface area contributed by atoms with Gasteiger partial charge in [0.2, 0.25) is 0 Å². The van der Waals surface area contributed by atoms with Crippen molar-refractivity contribution >= 4 is 5.84 Å². The van der Waals surface area contributed by atoms with Crippen LogP contribution in [0.1, 0.15) is 26.3 Å². The molecule has 16 heavy (non-hydrogen) atoms. The Morgan fingerprint density at radius 1 is 1.31 bits per heavy atom. The van der Waals surface area contributed by atoms with Crippen LogP contribution in [0, 0.1) is 11.2 Å². The first-order valence-corrected chi connectivity index (χ1v) is 5.45. The minimum absolute atomic E-state index is 0.116. The number of hydrogen-bond acceptors (Lipinski definition) is 1. The summed E-state index contributed by atoms with van der Waals surface area (Å²) in [5.74, 6) is 0.441. The maximum absolute atomic E-state index is 13.3. The minimum atomic E-state index is -0.174. The molecule has 2 nitrogen and oxygen atoms in total. The van der Waals surface area contributed by atoms with E-state index in [1.54, 1.807) is 12.1 Å². The Labute approximate surface area is 96.4 Å². The molecule has 88 valence electrons. The zero-order valence-electron chi connectivity index (χ0n) is 10.1. The Kier molecular flexibility index (Phi) is 4.05. The van der Waals surface area contributed by atoms with Gasteiger partial charge in [-0.05, 0) is 18.1 Å². The molecule has 0 heterocycles. The molecular weight excluding hydrogens is 203 g/mol. The van der Waals surface area contributed by atoms with Crippen LogP contribution >= 0.6 is 0 Å². The maximum Gasteiger partial charge on any atom is 0.126 e. The second-order valence-corrected chi connectivity index (χ2v) is 4.86. The summed E-state index contributed by atoms with van der Waals surface area (Å²) in [6.07, 6.45) is 0.587. The molecule has 1 aromatic rings. The Morgan fingerprint density at radius 3 is 2.50 bits per heavy atom. The van der Waals surface area contributed by atoms with Crippen molar-refractivity contribution in [3.63, 3.8) is 0 Å². The zero-order chi connectivity index (χ0) is 12.2. The average Bonchev–Trinajstić information content (AvgIpc) is 2.19. The predicted molar refractivity (Wildman–Crippen MR) is 66.0 cm³/mol. The number of halogens is 1. The summed E-state index contributed by atoms with van der Waals surface area (Å²) in [5.41, 5.74) is 6.38. The van der Waals surface area contributed by atoms with E-state index in [9.17, 15) is 4.39 Å². The van der Waals surface area contributed by atoms with Crippen molar-refractivity contribution in [3.8, 4) is 0 Å². The average molecular weight is 222 g/mol. The molecule has 0 spiro atoms. The number of nitrogens with zero attached hydrogens (tertiary/aromatic N) is 1. The van der Waals surface area contributed by atoms with E-state index in [2.05, 4.69) is 4.99 Å². The molecule has 1 aromatic carbocycles. The normalized spacial score (nSPS) is 12.9. The van der Waals surface area contributed by atoms with E-state index in [4.69, 9.17) is 5.73 Å². The molecule has 3 heteroatoms. The third kappa shape index (κ3) is 3.65. The van der Waals surface area contributed by atoms with Gasteiger partial charge in [0.25, 0.3) is 0 Å². The number of rotatable bonds is 3. The first-order valence-electron chi connectivity index (χ1n) is 5.45. The van der Waals surface area contributed by atoms with Crippen LogP contribution in [0.15, 0.2) is 29.3 Å². The molecule has 1 rings (SSSR count). The molecule has 0 fully saturated rings. The lowest BCUT2D eigenvalue weighted by atomic mass is 9.95. The second kappa shape index (κ2) is 5.10. The van der Waals surface area contributed by atoms with Gasteiger partial charge in [0, 0.05) is 12.0 Å². The van der Waals surface area contributed by atoms with Crippen LogP contribution in [0.4, 0.5) is 4.39 Å². The minimum Gasteiger partial charge on any atom is -0.387 e. The Bertz CT molecular complexity index is 378. The fourth-order valence-electron chi connectivity index (χ4n) is 1.24. The molecule has 0 aliphatic carbocycles. The molecule has 0 bridgehead atoms. The first-order chi connectivity index (χ1) is 7.41. The van der Waals surface area contributed by atoms with Crippen LogP contribution in [-0.4, -0.2) is 12.4 Å². The van der Waals surface area contributed by atoms with E-state index in [1.807, 2.05) is 26.8 Å². The molecule has 0 atom stereocenters. The van der Waals surface area contributed by atoms with Crippen molar-refractivity contribution in [3.05, 3.63) is 35.6 Å². The van der Waals surface area contributed by atoms with Gasteiger partial charge >= 0.3 is 0 Å². The Hall–Kier alpha value is -1.38. The Morgan fingerprint density at radius 2 is 1.94 bits per heavy atom. The van der Waals surface area contributed by atoms with Crippen LogP contribution in [-0.2, 0) is 6.42 Å². The molecule has 0 saturated carbocycles. The van der Waals surface area contributed by atoms with Crippen LogP contribution in [0.3, 0.4) is 0 Å². The van der Waals surface area contributed by atoms with Crippen molar-refractivity contribution in [1.82, 2.24) is 0 Å². The van der Waals surface area contributed by atoms with Gasteiger partial charge in [-0.2, -0.15) is 0 Å². The number of hydrogen-bond donors (Lipinski definition) is 1. The molecule has 2 N–H and O–H groups in total. The van der Waals surface area contributed by atoms with Crippen LogP contribution in [0.2, 0.25) is 0 Å². The number of benzene rings is 1. The topological polar surface area (TPSA) is 38.4 Å². The molecule has 0 radical (unpaired) electrons. The van der Waals surface area contributed by atoms with Gasteiger partial charge in [-0.3, -0.25) is 4.99 Å². The summed E-state index contributed by atoms with van der Waals surface area (Å²) in [6.45, 7) is 6.56. The molecule has 0 amide bonds. The smallest absolute Gasteiger partial charge is 0.126 e. The lowest BCUT2D eigenvalue weighted by molar-refractivity contribution is 0.580. The van der Waals surface area contributed by atoms with Crippen molar-refractivity contribution in [2.75, 3.05) is 6.54 Å². The van der Waals surface area contributed by atoms with Crippen molar-refractivity contribution < 1.29 is 4.39 Å². The monoisotopic (exact) mass is 222 g/mol. The fourth-order valence-corrected chi connectivity index (χ4v) is 1.24. The van der Waals surface area contributed by atoms with Gasteiger partial charge in [0.1, 0.15) is 5.82 Å². The lowest BCUT2D eigenvalue weighted by Crippen LogP contribution is -2.29. The highest BCUT2D eigenvalue weighted by molar-refractivity contribution is 5.85. The number of nitrogens with two attached hydrogens (primary N) is 1. The van der Waals surface area contributed by atoms with E-state index in [1.165, 1.54) is 6.07 Å². The van der Waals surface area contributed by atoms with E-state index < -0.39 is 0 Å². The molecular formula is C13H19FN2. The zero-order valence-corrected chi connectivity index (χ0v) is 10.1. The molecule has 0 aromatic heterocycles. The van der Waals surface area contributed by atoms with Gasteiger partial charge in [-0.15, -0.1) is 0 Å².